The van der Waals surface area contributed by atoms with Crippen LogP contribution in [-0.2, 0) is 0 Å². The summed E-state index contributed by atoms with van der Waals surface area (Å²) in [5.74, 6) is 0.113. The van der Waals surface area contributed by atoms with Crippen LogP contribution in [0.3, 0.4) is 0 Å². The number of rotatable bonds is 1. The maximum absolute atomic E-state index is 13.1. The number of hydrogen-bond donors (Lipinski definition) is 0. The molecule has 5 heteroatoms. The van der Waals surface area contributed by atoms with E-state index in [-0.39, 0.29) is 11.8 Å². The number of amides is 2. The number of carbonyl (C=O) groups is 1. The summed E-state index contributed by atoms with van der Waals surface area (Å²) >= 11 is 0. The smallest absolute Gasteiger partial charge is 0.320 e. The van der Waals surface area contributed by atoms with E-state index >= 15 is 0 Å². The van der Waals surface area contributed by atoms with Crippen LogP contribution in [0.2, 0.25) is 0 Å². The van der Waals surface area contributed by atoms with E-state index in [0.29, 0.717) is 5.92 Å². The van der Waals surface area contributed by atoms with Gasteiger partial charge in [0, 0.05) is 45.2 Å². The third-order valence-electron chi connectivity index (χ3n) is 5.06. The molecule has 1 aromatic carbocycles. The van der Waals surface area contributed by atoms with E-state index in [1.807, 2.05) is 21.9 Å². The van der Waals surface area contributed by atoms with Crippen LogP contribution in [0.5, 0.6) is 0 Å². The Hall–Kier alpha value is -1.62. The number of likely N-dealkylation sites (tertiary alicyclic amines) is 1. The van der Waals surface area contributed by atoms with Crippen molar-refractivity contribution in [3.63, 3.8) is 0 Å². The van der Waals surface area contributed by atoms with Gasteiger partial charge in [-0.3, -0.25) is 0 Å². The fraction of sp³-hybridized carbons (Fsp3) is 0.611. The monoisotopic (exact) mass is 319 g/mol. The maximum Gasteiger partial charge on any atom is 0.320 e. The largest absolute Gasteiger partial charge is 0.324 e. The Morgan fingerprint density at radius 3 is 2.39 bits per heavy atom. The summed E-state index contributed by atoms with van der Waals surface area (Å²) in [6, 6.07) is 6.94. The number of benzene rings is 1. The molecule has 0 radical (unpaired) electrons. The first-order chi connectivity index (χ1) is 11.1. The Morgan fingerprint density at radius 1 is 1.00 bits per heavy atom. The van der Waals surface area contributed by atoms with Gasteiger partial charge in [-0.1, -0.05) is 18.6 Å². The summed E-state index contributed by atoms with van der Waals surface area (Å²) in [6.07, 6.45) is 3.24. The lowest BCUT2D eigenvalue weighted by molar-refractivity contribution is 0.122. The molecular formula is C18H26FN3O. The number of halogens is 1. The highest BCUT2D eigenvalue weighted by Crippen LogP contribution is 2.27. The van der Waals surface area contributed by atoms with Crippen LogP contribution in [0.4, 0.5) is 9.18 Å². The summed E-state index contributed by atoms with van der Waals surface area (Å²) in [7, 11) is 2.10. The second-order valence-corrected chi connectivity index (χ2v) is 6.76. The molecule has 0 saturated carbocycles. The Kier molecular flexibility index (Phi) is 5.16. The van der Waals surface area contributed by atoms with Crippen LogP contribution in [0.1, 0.15) is 30.7 Å². The van der Waals surface area contributed by atoms with Gasteiger partial charge in [0.2, 0.25) is 0 Å². The number of nitrogens with zero attached hydrogens (tertiary/aromatic N) is 3. The summed E-state index contributed by atoms with van der Waals surface area (Å²) in [6.45, 7) is 5.10. The van der Waals surface area contributed by atoms with Crippen molar-refractivity contribution in [3.05, 3.63) is 35.6 Å². The molecular weight excluding hydrogens is 293 g/mol. The zero-order chi connectivity index (χ0) is 16.2. The Morgan fingerprint density at radius 2 is 1.70 bits per heavy atom. The molecule has 2 heterocycles. The highest BCUT2D eigenvalue weighted by atomic mass is 19.1. The SMILES string of the molecule is CN1CCN(C(=O)N2CCCCC(c3ccc(F)cc3)C2)CC1. The van der Waals surface area contributed by atoms with E-state index in [4.69, 9.17) is 0 Å². The van der Waals surface area contributed by atoms with Crippen LogP contribution in [0, 0.1) is 5.82 Å². The molecule has 23 heavy (non-hydrogen) atoms. The van der Waals surface area contributed by atoms with Gasteiger partial charge in [0.25, 0.3) is 0 Å². The van der Waals surface area contributed by atoms with Gasteiger partial charge in [-0.25, -0.2) is 9.18 Å². The second-order valence-electron chi connectivity index (χ2n) is 6.76. The fourth-order valence-electron chi connectivity index (χ4n) is 3.52. The van der Waals surface area contributed by atoms with E-state index in [1.54, 1.807) is 0 Å². The average Bonchev–Trinajstić information content (AvgIpc) is 2.82. The van der Waals surface area contributed by atoms with Crippen molar-refractivity contribution < 1.29 is 9.18 Å². The van der Waals surface area contributed by atoms with E-state index < -0.39 is 0 Å². The molecule has 4 nitrogen and oxygen atoms in total. The topological polar surface area (TPSA) is 26.8 Å². The van der Waals surface area contributed by atoms with Crippen LogP contribution < -0.4 is 0 Å². The number of carbonyl (C=O) groups excluding carboxylic acids is 1. The molecule has 1 unspecified atom stereocenters. The van der Waals surface area contributed by atoms with Crippen LogP contribution in [0.25, 0.3) is 0 Å². The zero-order valence-electron chi connectivity index (χ0n) is 13.9. The molecule has 0 bridgehead atoms. The van der Waals surface area contributed by atoms with E-state index in [0.717, 1.165) is 64.1 Å². The Labute approximate surface area is 137 Å². The maximum atomic E-state index is 13.1. The van der Waals surface area contributed by atoms with Gasteiger partial charge in [0.15, 0.2) is 0 Å². The summed E-state index contributed by atoms with van der Waals surface area (Å²) in [4.78, 5) is 19.1. The molecule has 0 spiro atoms. The van der Waals surface area contributed by atoms with Crippen LogP contribution >= 0.6 is 0 Å². The van der Waals surface area contributed by atoms with Gasteiger partial charge in [-0.05, 0) is 37.6 Å². The number of urea groups is 1. The van der Waals surface area contributed by atoms with Crippen molar-refractivity contribution in [2.45, 2.75) is 25.2 Å². The van der Waals surface area contributed by atoms with Crippen LogP contribution in [-0.4, -0.2) is 67.0 Å². The molecule has 1 aromatic rings. The van der Waals surface area contributed by atoms with Crippen molar-refractivity contribution in [1.82, 2.24) is 14.7 Å². The summed E-state index contributed by atoms with van der Waals surface area (Å²) in [5, 5.41) is 0. The lowest BCUT2D eigenvalue weighted by Gasteiger charge is -2.36. The number of hydrogen-bond acceptors (Lipinski definition) is 2. The zero-order valence-corrected chi connectivity index (χ0v) is 13.9. The number of piperazine rings is 1. The molecule has 3 rings (SSSR count). The predicted octanol–water partition coefficient (Wildman–Crippen LogP) is 2.76. The van der Waals surface area contributed by atoms with Gasteiger partial charge in [-0.2, -0.15) is 0 Å². The normalized spacial score (nSPS) is 23.7. The minimum atomic E-state index is -0.201. The second kappa shape index (κ2) is 7.30. The van der Waals surface area contributed by atoms with E-state index in [2.05, 4.69) is 11.9 Å². The first-order valence-electron chi connectivity index (χ1n) is 8.61. The van der Waals surface area contributed by atoms with Crippen molar-refractivity contribution in [3.8, 4) is 0 Å². The van der Waals surface area contributed by atoms with Crippen molar-refractivity contribution in [2.75, 3.05) is 46.3 Å². The molecule has 1 atom stereocenters. The van der Waals surface area contributed by atoms with Gasteiger partial charge in [-0.15, -0.1) is 0 Å². The van der Waals surface area contributed by atoms with E-state index in [1.165, 1.54) is 12.1 Å². The van der Waals surface area contributed by atoms with E-state index in [9.17, 15) is 9.18 Å². The lowest BCUT2D eigenvalue weighted by atomic mass is 9.94. The summed E-state index contributed by atoms with van der Waals surface area (Å²) < 4.78 is 13.1. The van der Waals surface area contributed by atoms with Crippen molar-refractivity contribution in [1.29, 1.82) is 0 Å². The average molecular weight is 319 g/mol. The molecule has 0 N–H and O–H groups in total. The van der Waals surface area contributed by atoms with Crippen molar-refractivity contribution >= 4 is 6.03 Å². The first kappa shape index (κ1) is 16.2. The first-order valence-corrected chi connectivity index (χ1v) is 8.61. The minimum absolute atomic E-state index is 0.173. The molecule has 2 aliphatic heterocycles. The summed E-state index contributed by atoms with van der Waals surface area (Å²) in [5.41, 5.74) is 1.14. The van der Waals surface area contributed by atoms with Crippen LogP contribution in [0.15, 0.2) is 24.3 Å². The number of likely N-dealkylation sites (N-methyl/N-ethyl adjacent to an activating group) is 1. The third kappa shape index (κ3) is 4.02. The molecule has 126 valence electrons. The third-order valence-corrected chi connectivity index (χ3v) is 5.06. The highest BCUT2D eigenvalue weighted by molar-refractivity contribution is 5.74. The lowest BCUT2D eigenvalue weighted by Crippen LogP contribution is -2.52. The van der Waals surface area contributed by atoms with Gasteiger partial charge in [0.1, 0.15) is 5.82 Å². The molecule has 0 aromatic heterocycles. The molecule has 2 aliphatic rings. The molecule has 2 fully saturated rings. The molecule has 2 amide bonds. The standard InChI is InChI=1S/C18H26FN3O/c1-20-10-12-21(13-11-20)18(23)22-9-3-2-4-16(14-22)15-5-7-17(19)8-6-15/h5-8,16H,2-4,9-14H2,1H3. The van der Waals surface area contributed by atoms with Crippen molar-refractivity contribution in [2.24, 2.45) is 0 Å². The Bertz CT molecular complexity index is 526. The minimum Gasteiger partial charge on any atom is -0.324 e. The molecule has 2 saturated heterocycles. The van der Waals surface area contributed by atoms with Gasteiger partial charge < -0.3 is 14.7 Å². The quantitative estimate of drug-likeness (QED) is 0.796. The van der Waals surface area contributed by atoms with Gasteiger partial charge in [0.05, 0.1) is 0 Å². The predicted molar refractivity (Wildman–Crippen MR) is 89.0 cm³/mol. The van der Waals surface area contributed by atoms with Gasteiger partial charge >= 0.3 is 6.03 Å². The fourth-order valence-corrected chi connectivity index (χ4v) is 3.52. The molecule has 0 aliphatic carbocycles. The highest BCUT2D eigenvalue weighted by Gasteiger charge is 2.28. The Balaban J connectivity index is 1.67.